The number of benzene rings is 1. The van der Waals surface area contributed by atoms with Crippen LogP contribution >= 0.6 is 11.6 Å². The van der Waals surface area contributed by atoms with Gasteiger partial charge in [0.1, 0.15) is 0 Å². The molecule has 0 amide bonds. The van der Waals surface area contributed by atoms with E-state index in [9.17, 15) is 0 Å². The molecule has 0 radical (unpaired) electrons. The maximum Gasteiger partial charge on any atom is 0.0832 e. The predicted molar refractivity (Wildman–Crippen MR) is 66.7 cm³/mol. The van der Waals surface area contributed by atoms with Gasteiger partial charge in [-0.3, -0.25) is 0 Å². The maximum absolute atomic E-state index is 6.24. The maximum atomic E-state index is 6.24. The summed E-state index contributed by atoms with van der Waals surface area (Å²) in [5, 5.41) is 0.768. The molecule has 0 saturated heterocycles. The molecule has 1 aliphatic carbocycles. The van der Waals surface area contributed by atoms with Gasteiger partial charge in [0.2, 0.25) is 0 Å². The Balaban J connectivity index is 2.04. The third-order valence-corrected chi connectivity index (χ3v) is 3.86. The van der Waals surface area contributed by atoms with Gasteiger partial charge in [-0.25, -0.2) is 0 Å². The zero-order chi connectivity index (χ0) is 11.6. The second-order valence-electron chi connectivity index (χ2n) is 4.56. The Morgan fingerprint density at radius 3 is 2.75 bits per heavy atom. The molecule has 1 atom stereocenters. The Hall–Kier alpha value is -0.570. The molecule has 1 aromatic rings. The van der Waals surface area contributed by atoms with Crippen LogP contribution < -0.4 is 5.73 Å². The molecular formula is C13H18ClNO. The lowest BCUT2D eigenvalue weighted by Crippen LogP contribution is -2.55. The zero-order valence-corrected chi connectivity index (χ0v) is 10.3. The van der Waals surface area contributed by atoms with Crippen LogP contribution in [0.1, 0.15) is 24.8 Å². The van der Waals surface area contributed by atoms with Crippen molar-refractivity contribution in [3.8, 4) is 0 Å². The zero-order valence-electron chi connectivity index (χ0n) is 9.58. The number of hydrogen-bond donors (Lipinski definition) is 1. The third-order valence-electron chi connectivity index (χ3n) is 3.63. The minimum absolute atomic E-state index is 0.0599. The Labute approximate surface area is 102 Å². The molecule has 0 spiro atoms. The molecule has 1 saturated carbocycles. The van der Waals surface area contributed by atoms with E-state index in [2.05, 4.69) is 6.07 Å². The molecule has 0 bridgehead atoms. The summed E-state index contributed by atoms with van der Waals surface area (Å²) in [5.74, 6) is 0. The predicted octanol–water partition coefficient (Wildman–Crippen LogP) is 2.78. The number of rotatable bonds is 4. The van der Waals surface area contributed by atoms with Crippen molar-refractivity contribution in [2.24, 2.45) is 5.73 Å². The Kier molecular flexibility index (Phi) is 3.53. The van der Waals surface area contributed by atoms with Crippen LogP contribution in [-0.4, -0.2) is 18.8 Å². The number of hydrogen-bond acceptors (Lipinski definition) is 2. The Morgan fingerprint density at radius 1 is 1.50 bits per heavy atom. The molecule has 1 aliphatic rings. The summed E-state index contributed by atoms with van der Waals surface area (Å²) in [4.78, 5) is 0. The van der Waals surface area contributed by atoms with Gasteiger partial charge >= 0.3 is 0 Å². The van der Waals surface area contributed by atoms with E-state index in [0.717, 1.165) is 24.3 Å². The fourth-order valence-electron chi connectivity index (χ4n) is 2.36. The van der Waals surface area contributed by atoms with Crippen LogP contribution in [0.4, 0.5) is 0 Å². The quantitative estimate of drug-likeness (QED) is 0.877. The lowest BCUT2D eigenvalue weighted by atomic mass is 9.73. The van der Waals surface area contributed by atoms with E-state index in [1.807, 2.05) is 18.2 Å². The van der Waals surface area contributed by atoms with Crippen molar-refractivity contribution in [3.63, 3.8) is 0 Å². The summed E-state index contributed by atoms with van der Waals surface area (Å²) in [6.45, 7) is 0. The third kappa shape index (κ3) is 2.24. The standard InChI is InChI=1S/C13H18ClNO/c1-16-13(6-3-7-13)12(15)9-10-4-2-5-11(14)8-10/h2,4-5,8,12H,3,6-7,9,15H2,1H3. The smallest absolute Gasteiger partial charge is 0.0832 e. The van der Waals surface area contributed by atoms with Crippen LogP contribution in [0.15, 0.2) is 24.3 Å². The first-order valence-electron chi connectivity index (χ1n) is 5.71. The molecule has 0 aliphatic heterocycles. The van der Waals surface area contributed by atoms with Gasteiger partial charge < -0.3 is 10.5 Å². The molecule has 2 N–H and O–H groups in total. The average molecular weight is 240 g/mol. The van der Waals surface area contributed by atoms with Crippen LogP contribution in [0.25, 0.3) is 0 Å². The normalized spacial score (nSPS) is 20.2. The van der Waals surface area contributed by atoms with E-state index >= 15 is 0 Å². The first kappa shape index (κ1) is 11.9. The molecule has 16 heavy (non-hydrogen) atoms. The molecule has 0 aromatic heterocycles. The monoisotopic (exact) mass is 239 g/mol. The van der Waals surface area contributed by atoms with Crippen molar-refractivity contribution in [3.05, 3.63) is 34.9 Å². The minimum Gasteiger partial charge on any atom is -0.377 e. The van der Waals surface area contributed by atoms with Gasteiger partial charge in [-0.15, -0.1) is 0 Å². The van der Waals surface area contributed by atoms with Gasteiger partial charge in [0.15, 0.2) is 0 Å². The van der Waals surface area contributed by atoms with Gasteiger partial charge in [-0.1, -0.05) is 23.7 Å². The van der Waals surface area contributed by atoms with Crippen LogP contribution in [0, 0.1) is 0 Å². The Morgan fingerprint density at radius 2 is 2.25 bits per heavy atom. The highest BCUT2D eigenvalue weighted by molar-refractivity contribution is 6.30. The fraction of sp³-hybridized carbons (Fsp3) is 0.538. The molecule has 1 fully saturated rings. The highest BCUT2D eigenvalue weighted by Gasteiger charge is 2.42. The largest absolute Gasteiger partial charge is 0.377 e. The number of nitrogens with two attached hydrogens (primary N) is 1. The van der Waals surface area contributed by atoms with Crippen molar-refractivity contribution in [1.82, 2.24) is 0 Å². The van der Waals surface area contributed by atoms with Crippen molar-refractivity contribution < 1.29 is 4.74 Å². The number of methoxy groups -OCH3 is 1. The van der Waals surface area contributed by atoms with E-state index in [1.54, 1.807) is 7.11 Å². The topological polar surface area (TPSA) is 35.2 Å². The second-order valence-corrected chi connectivity index (χ2v) is 5.00. The first-order valence-corrected chi connectivity index (χ1v) is 6.09. The van der Waals surface area contributed by atoms with E-state index in [-0.39, 0.29) is 11.6 Å². The van der Waals surface area contributed by atoms with Crippen LogP contribution in [-0.2, 0) is 11.2 Å². The van der Waals surface area contributed by atoms with E-state index in [4.69, 9.17) is 22.1 Å². The molecule has 3 heteroatoms. The molecule has 1 aromatic carbocycles. The highest BCUT2D eigenvalue weighted by atomic mass is 35.5. The van der Waals surface area contributed by atoms with E-state index in [1.165, 1.54) is 12.0 Å². The summed E-state index contributed by atoms with van der Waals surface area (Å²) < 4.78 is 5.58. The number of ether oxygens (including phenoxy) is 1. The lowest BCUT2D eigenvalue weighted by molar-refractivity contribution is -0.0897. The highest BCUT2D eigenvalue weighted by Crippen LogP contribution is 2.38. The minimum atomic E-state index is -0.0949. The van der Waals surface area contributed by atoms with Crippen LogP contribution in [0.2, 0.25) is 5.02 Å². The SMILES string of the molecule is COC1(C(N)Cc2cccc(Cl)c2)CCC1. The van der Waals surface area contributed by atoms with Crippen LogP contribution in [0.5, 0.6) is 0 Å². The fourth-order valence-corrected chi connectivity index (χ4v) is 2.57. The van der Waals surface area contributed by atoms with Crippen molar-refractivity contribution in [1.29, 1.82) is 0 Å². The Bertz CT molecular complexity index is 357. The van der Waals surface area contributed by atoms with Gasteiger partial charge in [0.05, 0.1) is 5.60 Å². The summed E-state index contributed by atoms with van der Waals surface area (Å²) in [6, 6.07) is 7.94. The van der Waals surface area contributed by atoms with E-state index in [0.29, 0.717) is 0 Å². The van der Waals surface area contributed by atoms with Gasteiger partial charge in [-0.2, -0.15) is 0 Å². The first-order chi connectivity index (χ1) is 7.66. The van der Waals surface area contributed by atoms with Crippen molar-refractivity contribution in [2.75, 3.05) is 7.11 Å². The second kappa shape index (κ2) is 4.74. The summed E-state index contributed by atoms with van der Waals surface area (Å²) >= 11 is 5.95. The number of halogens is 1. The molecule has 88 valence electrons. The molecule has 0 heterocycles. The van der Waals surface area contributed by atoms with E-state index < -0.39 is 0 Å². The van der Waals surface area contributed by atoms with Crippen molar-refractivity contribution in [2.45, 2.75) is 37.3 Å². The molecular weight excluding hydrogens is 222 g/mol. The lowest BCUT2D eigenvalue weighted by Gasteiger charge is -2.45. The summed E-state index contributed by atoms with van der Waals surface area (Å²) in [6.07, 6.45) is 4.20. The molecule has 2 nitrogen and oxygen atoms in total. The molecule has 1 unspecified atom stereocenters. The van der Waals surface area contributed by atoms with Crippen molar-refractivity contribution >= 4 is 11.6 Å². The summed E-state index contributed by atoms with van der Waals surface area (Å²) in [7, 11) is 1.76. The molecule has 2 rings (SSSR count). The average Bonchev–Trinajstić information content (AvgIpc) is 2.16. The summed E-state index contributed by atoms with van der Waals surface area (Å²) in [5.41, 5.74) is 7.33. The van der Waals surface area contributed by atoms with Gasteiger partial charge in [0, 0.05) is 18.2 Å². The van der Waals surface area contributed by atoms with Crippen LogP contribution in [0.3, 0.4) is 0 Å². The van der Waals surface area contributed by atoms with Gasteiger partial charge in [-0.05, 0) is 43.4 Å². The van der Waals surface area contributed by atoms with Gasteiger partial charge in [0.25, 0.3) is 0 Å².